The number of nitrogens with one attached hydrogen (secondary N) is 1. The second kappa shape index (κ2) is 6.38. The molecule has 1 N–H and O–H groups in total. The second-order valence-electron chi connectivity index (χ2n) is 3.62. The molecule has 1 aromatic heterocycles. The molecule has 0 aliphatic rings. The number of rotatable bonds is 5. The molecule has 0 bridgehead atoms. The molecule has 2 rings (SSSR count). The highest BCUT2D eigenvalue weighted by Gasteiger charge is 2.04. The summed E-state index contributed by atoms with van der Waals surface area (Å²) in [7, 11) is 0. The second-order valence-corrected chi connectivity index (χ2v) is 5.94. The number of aromatic nitrogens is 2. The van der Waals surface area contributed by atoms with E-state index in [1.54, 1.807) is 11.8 Å². The number of hydrogen-bond donors (Lipinski definition) is 1. The Hall–Kier alpha value is -1.58. The topological polar surface area (TPSA) is 61.6 Å². The molecule has 0 aliphatic heterocycles. The quantitative estimate of drug-likeness (QED) is 0.668. The Morgan fingerprint density at radius 1 is 1.44 bits per heavy atom. The summed E-state index contributed by atoms with van der Waals surface area (Å²) >= 11 is 3.07. The summed E-state index contributed by atoms with van der Waals surface area (Å²) < 4.78 is 0.889. The minimum Gasteiger partial charge on any atom is -0.330 e. The molecule has 4 nitrogen and oxygen atoms in total. The maximum absolute atomic E-state index is 8.46. The zero-order valence-corrected chi connectivity index (χ0v) is 11.5. The molecule has 0 saturated carbocycles. The molecule has 1 aromatic carbocycles. The Morgan fingerprint density at radius 2 is 2.33 bits per heavy atom. The highest BCUT2D eigenvalue weighted by Crippen LogP contribution is 2.27. The lowest BCUT2D eigenvalue weighted by Crippen LogP contribution is -1.89. The Labute approximate surface area is 114 Å². The van der Waals surface area contributed by atoms with Gasteiger partial charge in [0.2, 0.25) is 5.13 Å². The molecule has 92 valence electrons. The minimum absolute atomic E-state index is 0.533. The first-order chi connectivity index (χ1) is 8.78. The van der Waals surface area contributed by atoms with Crippen molar-refractivity contribution in [2.24, 2.45) is 0 Å². The third kappa shape index (κ3) is 3.72. The van der Waals surface area contributed by atoms with Crippen LogP contribution in [0.25, 0.3) is 0 Å². The van der Waals surface area contributed by atoms with E-state index in [4.69, 9.17) is 5.26 Å². The van der Waals surface area contributed by atoms with Crippen molar-refractivity contribution in [2.75, 3.05) is 11.1 Å². The smallest absolute Gasteiger partial charge is 0.210 e. The van der Waals surface area contributed by atoms with Crippen LogP contribution in [0.15, 0.2) is 28.6 Å². The summed E-state index contributed by atoms with van der Waals surface area (Å²) in [5.74, 6) is 0.760. The van der Waals surface area contributed by atoms with Gasteiger partial charge >= 0.3 is 0 Å². The van der Waals surface area contributed by atoms with Crippen LogP contribution in [0.4, 0.5) is 10.8 Å². The summed E-state index contributed by atoms with van der Waals surface area (Å²) in [6.45, 7) is 2.05. The summed E-state index contributed by atoms with van der Waals surface area (Å²) in [6.07, 6.45) is 0.533. The summed E-state index contributed by atoms with van der Waals surface area (Å²) in [5, 5.41) is 20.6. The number of hydrogen-bond acceptors (Lipinski definition) is 6. The SMILES string of the molecule is Cc1cccc(Nc2nnc(SCCC#N)s2)c1. The van der Waals surface area contributed by atoms with Crippen molar-refractivity contribution in [3.63, 3.8) is 0 Å². The number of anilines is 2. The van der Waals surface area contributed by atoms with E-state index in [2.05, 4.69) is 40.6 Å². The first kappa shape index (κ1) is 12.9. The van der Waals surface area contributed by atoms with Crippen LogP contribution >= 0.6 is 23.1 Å². The molecule has 0 saturated heterocycles. The Morgan fingerprint density at radius 3 is 3.11 bits per heavy atom. The fraction of sp³-hybridized carbons (Fsp3) is 0.250. The Balaban J connectivity index is 1.96. The van der Waals surface area contributed by atoms with Crippen molar-refractivity contribution in [2.45, 2.75) is 17.7 Å². The number of aryl methyl sites for hydroxylation is 1. The van der Waals surface area contributed by atoms with E-state index >= 15 is 0 Å². The van der Waals surface area contributed by atoms with Gasteiger partial charge in [0.15, 0.2) is 4.34 Å². The van der Waals surface area contributed by atoms with Crippen LogP contribution in [0.1, 0.15) is 12.0 Å². The third-order valence-corrected chi connectivity index (χ3v) is 4.09. The van der Waals surface area contributed by atoms with Gasteiger partial charge in [-0.1, -0.05) is 35.2 Å². The van der Waals surface area contributed by atoms with Crippen molar-refractivity contribution in [3.8, 4) is 6.07 Å². The first-order valence-corrected chi connectivity index (χ1v) is 7.25. The van der Waals surface area contributed by atoms with Gasteiger partial charge in [-0.15, -0.1) is 10.2 Å². The van der Waals surface area contributed by atoms with Gasteiger partial charge in [-0.3, -0.25) is 0 Å². The van der Waals surface area contributed by atoms with Gasteiger partial charge in [0.05, 0.1) is 6.07 Å². The van der Waals surface area contributed by atoms with Gasteiger partial charge < -0.3 is 5.32 Å². The summed E-state index contributed by atoms with van der Waals surface area (Å²) in [5.41, 5.74) is 2.22. The average Bonchev–Trinajstić information content (AvgIpc) is 2.77. The Kier molecular flexibility index (Phi) is 4.56. The van der Waals surface area contributed by atoms with Crippen LogP contribution in [0.5, 0.6) is 0 Å². The van der Waals surface area contributed by atoms with Gasteiger partial charge in [0.1, 0.15) is 0 Å². The van der Waals surface area contributed by atoms with E-state index in [0.717, 1.165) is 20.9 Å². The predicted octanol–water partition coefficient (Wildman–Crippen LogP) is 3.60. The molecule has 2 aromatic rings. The fourth-order valence-corrected chi connectivity index (χ4v) is 3.04. The lowest BCUT2D eigenvalue weighted by atomic mass is 10.2. The number of thioether (sulfide) groups is 1. The van der Waals surface area contributed by atoms with Crippen molar-refractivity contribution >= 4 is 33.9 Å². The number of nitrogens with zero attached hydrogens (tertiary/aromatic N) is 3. The van der Waals surface area contributed by atoms with Gasteiger partial charge in [-0.25, -0.2) is 0 Å². The maximum Gasteiger partial charge on any atom is 0.210 e. The maximum atomic E-state index is 8.46. The molecule has 1 heterocycles. The molecule has 0 spiro atoms. The fourth-order valence-electron chi connectivity index (χ4n) is 1.35. The molecule has 18 heavy (non-hydrogen) atoms. The zero-order chi connectivity index (χ0) is 12.8. The van der Waals surface area contributed by atoms with Crippen LogP contribution in [-0.2, 0) is 0 Å². The molecule has 0 radical (unpaired) electrons. The predicted molar refractivity (Wildman–Crippen MR) is 75.3 cm³/mol. The van der Waals surface area contributed by atoms with Crippen molar-refractivity contribution < 1.29 is 0 Å². The van der Waals surface area contributed by atoms with E-state index in [1.165, 1.54) is 16.9 Å². The van der Waals surface area contributed by atoms with Crippen molar-refractivity contribution in [1.82, 2.24) is 10.2 Å². The molecule has 0 amide bonds. The van der Waals surface area contributed by atoms with Gasteiger partial charge in [0.25, 0.3) is 0 Å². The van der Waals surface area contributed by atoms with Gasteiger partial charge in [-0.2, -0.15) is 5.26 Å². The van der Waals surface area contributed by atoms with Crippen LogP contribution in [0.2, 0.25) is 0 Å². The van der Waals surface area contributed by atoms with Crippen LogP contribution in [0, 0.1) is 18.3 Å². The van der Waals surface area contributed by atoms with Gasteiger partial charge in [0, 0.05) is 17.9 Å². The van der Waals surface area contributed by atoms with E-state index in [1.807, 2.05) is 12.1 Å². The summed E-state index contributed by atoms with van der Waals surface area (Å²) in [4.78, 5) is 0. The number of nitriles is 1. The van der Waals surface area contributed by atoms with Crippen LogP contribution in [0.3, 0.4) is 0 Å². The first-order valence-electron chi connectivity index (χ1n) is 5.45. The Bertz CT molecular complexity index is 559. The largest absolute Gasteiger partial charge is 0.330 e. The molecule has 0 atom stereocenters. The van der Waals surface area contributed by atoms with Crippen molar-refractivity contribution in [3.05, 3.63) is 29.8 Å². The molecule has 0 aliphatic carbocycles. The highest BCUT2D eigenvalue weighted by molar-refractivity contribution is 8.01. The molecule has 0 fully saturated rings. The average molecular weight is 276 g/mol. The van der Waals surface area contributed by atoms with Crippen LogP contribution < -0.4 is 5.32 Å². The van der Waals surface area contributed by atoms with E-state index in [0.29, 0.717) is 6.42 Å². The van der Waals surface area contributed by atoms with Gasteiger partial charge in [-0.05, 0) is 24.6 Å². The minimum atomic E-state index is 0.533. The monoisotopic (exact) mass is 276 g/mol. The number of benzene rings is 1. The molecular weight excluding hydrogens is 264 g/mol. The lowest BCUT2D eigenvalue weighted by Gasteiger charge is -2.01. The van der Waals surface area contributed by atoms with Crippen LogP contribution in [-0.4, -0.2) is 16.0 Å². The lowest BCUT2D eigenvalue weighted by molar-refractivity contribution is 1.01. The normalized spacial score (nSPS) is 10.0. The van der Waals surface area contributed by atoms with E-state index in [-0.39, 0.29) is 0 Å². The highest BCUT2D eigenvalue weighted by atomic mass is 32.2. The summed E-state index contributed by atoms with van der Waals surface area (Å²) in [6, 6.07) is 10.2. The van der Waals surface area contributed by atoms with Crippen molar-refractivity contribution in [1.29, 1.82) is 5.26 Å². The zero-order valence-electron chi connectivity index (χ0n) is 9.88. The van der Waals surface area contributed by atoms with E-state index < -0.39 is 0 Å². The molecule has 0 unspecified atom stereocenters. The molecule has 6 heteroatoms. The third-order valence-electron chi connectivity index (χ3n) is 2.12. The molecular formula is C12H12N4S2. The standard InChI is InChI=1S/C12H12N4S2/c1-9-4-2-5-10(8-9)14-11-15-16-12(18-11)17-7-3-6-13/h2,4-5,8H,3,7H2,1H3,(H,14,15). The van der Waals surface area contributed by atoms with E-state index in [9.17, 15) is 0 Å².